The topological polar surface area (TPSA) is 421 Å². The normalized spacial score (nSPS) is 21.4. The Morgan fingerprint density at radius 3 is 2.33 bits per heavy atom. The first-order valence-corrected chi connectivity index (χ1v) is 24.2. The monoisotopic (exact) mass is 979 g/mol. The lowest BCUT2D eigenvalue weighted by Gasteiger charge is -2.30. The average molecular weight is 980 g/mol. The van der Waals surface area contributed by atoms with Gasteiger partial charge in [-0.3, -0.25) is 37.3 Å². The quantitative estimate of drug-likeness (QED) is 0.0336. The number of hydrogen-bond acceptors (Lipinski definition) is 20. The number of aliphatic hydroxyl groups is 3. The Balaban J connectivity index is 1.45. The van der Waals surface area contributed by atoms with Crippen LogP contribution in [0.4, 0.5) is 5.82 Å². The number of imidazole rings is 1. The Morgan fingerprint density at radius 2 is 1.70 bits per heavy atom. The number of aromatic nitrogens is 4. The number of anilines is 1. The van der Waals surface area contributed by atoms with Crippen LogP contribution in [0, 0.1) is 5.41 Å². The summed E-state index contributed by atoms with van der Waals surface area (Å²) in [5.74, 6) is -2.80. The van der Waals surface area contributed by atoms with E-state index in [-0.39, 0.29) is 48.7 Å². The van der Waals surface area contributed by atoms with Crippen LogP contribution in [0.15, 0.2) is 24.3 Å². The van der Waals surface area contributed by atoms with E-state index in [0.717, 1.165) is 34.6 Å². The summed E-state index contributed by atoms with van der Waals surface area (Å²) in [5.41, 5.74) is 3.41. The number of aliphatic carboxylic acids is 1. The van der Waals surface area contributed by atoms with Crippen molar-refractivity contribution in [2.45, 2.75) is 96.0 Å². The summed E-state index contributed by atoms with van der Waals surface area (Å²) < 4.78 is 62.2. The fourth-order valence-electron chi connectivity index (χ4n) is 5.77. The number of nitrogens with two attached hydrogens (primary N) is 1. The Morgan fingerprint density at radius 1 is 1.03 bits per heavy atom. The van der Waals surface area contributed by atoms with E-state index >= 15 is 0 Å². The third-order valence-corrected chi connectivity index (χ3v) is 12.9. The number of aliphatic hydroxyl groups excluding tert-OH is 2. The van der Waals surface area contributed by atoms with Crippen LogP contribution in [0.3, 0.4) is 0 Å². The van der Waals surface area contributed by atoms with Crippen LogP contribution >= 0.6 is 35.2 Å². The van der Waals surface area contributed by atoms with E-state index in [1.54, 1.807) is 0 Å². The molecule has 12 N–H and O–H groups in total. The number of nitrogen functional groups attached to an aromatic ring is 1. The summed E-state index contributed by atoms with van der Waals surface area (Å²) >= 11 is 0.796. The number of phosphoric ester groups is 3. The molecule has 4 unspecified atom stereocenters. The molecule has 0 saturated carbocycles. The fourth-order valence-corrected chi connectivity index (χ4v) is 9.40. The number of nitrogens with zero attached hydrogens (tertiary/aromatic N) is 4. The number of ether oxygens (including phenoxy) is 1. The van der Waals surface area contributed by atoms with Crippen LogP contribution in [-0.4, -0.2) is 144 Å². The number of phosphoric acid groups is 3. The lowest BCUT2D eigenvalue weighted by Crippen LogP contribution is -2.46. The van der Waals surface area contributed by atoms with Gasteiger partial charge in [0.25, 0.3) is 0 Å². The predicted molar refractivity (Wildman–Crippen MR) is 218 cm³/mol. The Hall–Kier alpha value is -3.27. The van der Waals surface area contributed by atoms with Crippen LogP contribution in [0.2, 0.25) is 0 Å². The van der Waals surface area contributed by atoms with Crippen LogP contribution in [-0.2, 0) is 55.5 Å². The second-order valence-corrected chi connectivity index (χ2v) is 20.5. The first kappa shape index (κ1) is 54.1. The van der Waals surface area contributed by atoms with Gasteiger partial charge in [0.15, 0.2) is 22.8 Å². The van der Waals surface area contributed by atoms with E-state index in [0.29, 0.717) is 6.42 Å². The number of carbonyl (C=O) groups is 4. The lowest BCUT2D eigenvalue weighted by molar-refractivity contribution is -0.143. The molecule has 3 heterocycles. The number of carbonyl (C=O) groups excluding carboxylic acids is 3. The van der Waals surface area contributed by atoms with Crippen LogP contribution in [0.25, 0.3) is 11.2 Å². The van der Waals surface area contributed by atoms with Gasteiger partial charge < -0.3 is 61.1 Å². The zero-order chi connectivity index (χ0) is 47.6. The molecule has 3 rings (SSSR count). The van der Waals surface area contributed by atoms with Crippen molar-refractivity contribution in [1.82, 2.24) is 30.2 Å². The molecule has 0 spiro atoms. The molecule has 1 saturated heterocycles. The average Bonchev–Trinajstić information content (AvgIpc) is 3.70. The molecule has 0 bridgehead atoms. The summed E-state index contributed by atoms with van der Waals surface area (Å²) in [7, 11) is -16.5. The van der Waals surface area contributed by atoms with Crippen LogP contribution < -0.4 is 16.4 Å². The first-order valence-electron chi connectivity index (χ1n) is 18.7. The molecule has 0 radical (unpaired) electrons. The highest BCUT2D eigenvalue weighted by Gasteiger charge is 2.50. The SMILES string of the molecule is CC(C)=CCCC(O)(CC(=O)O)CC(=O)SCCNC(=O)CCNC(=O)C(O)C(C)(C)COP(=O)(O)OP(=O)(O)OC[C@H]1O[C@@H](n2cnc3c(N)ncnc32)[C@H](O)[C@@H]1OP(=O)(O)O. The molecule has 2 aromatic heterocycles. The molecular formula is C32H52N7O20P3S. The molecule has 1 aliphatic rings. The maximum atomic E-state index is 12.7. The van der Waals surface area contributed by atoms with E-state index in [9.17, 15) is 67.8 Å². The molecular weight excluding hydrogens is 927 g/mol. The number of amides is 2. The molecule has 0 aromatic carbocycles. The van der Waals surface area contributed by atoms with Crippen molar-refractivity contribution in [2.75, 3.05) is 37.8 Å². The maximum Gasteiger partial charge on any atom is 0.481 e. The number of allylic oxidation sites excluding steroid dienone is 2. The summed E-state index contributed by atoms with van der Waals surface area (Å²) in [6, 6.07) is 0. The minimum Gasteiger partial charge on any atom is -0.481 e. The van der Waals surface area contributed by atoms with Crippen molar-refractivity contribution in [3.05, 3.63) is 24.3 Å². The van der Waals surface area contributed by atoms with Crippen molar-refractivity contribution in [3.63, 3.8) is 0 Å². The van der Waals surface area contributed by atoms with Crippen LogP contribution in [0.5, 0.6) is 0 Å². The first-order chi connectivity index (χ1) is 29.0. The molecule has 31 heteroatoms. The van der Waals surface area contributed by atoms with E-state index in [1.807, 2.05) is 19.9 Å². The van der Waals surface area contributed by atoms with Gasteiger partial charge >= 0.3 is 29.4 Å². The highest BCUT2D eigenvalue weighted by molar-refractivity contribution is 8.13. The molecule has 8 atom stereocenters. The van der Waals surface area contributed by atoms with Crippen molar-refractivity contribution in [2.24, 2.45) is 5.41 Å². The molecule has 0 aliphatic carbocycles. The summed E-state index contributed by atoms with van der Waals surface area (Å²) in [5, 5.41) is 45.7. The lowest BCUT2D eigenvalue weighted by atomic mass is 9.87. The van der Waals surface area contributed by atoms with Crippen molar-refractivity contribution >= 4 is 75.1 Å². The van der Waals surface area contributed by atoms with Gasteiger partial charge in [0.2, 0.25) is 11.8 Å². The molecule has 2 amide bonds. The van der Waals surface area contributed by atoms with Gasteiger partial charge in [-0.2, -0.15) is 4.31 Å². The molecule has 356 valence electrons. The highest BCUT2D eigenvalue weighted by atomic mass is 32.2. The minimum atomic E-state index is -5.61. The Bertz CT molecular complexity index is 2120. The standard InChI is InChI=1S/C32H52N7O20P3S/c1-18(2)6-5-8-32(47,12-21(41)42)13-22(43)63-11-10-34-20(40)7-9-35-29(46)26(45)31(3,4)15-56-62(53,54)59-61(51,52)55-14-19-25(58-60(48,49)50)24(44)30(57-19)39-17-38-23-27(33)36-16-37-28(23)39/h6,16-17,19,24-26,30,44-45,47H,5,7-15H2,1-4H3,(H,34,40)(H,35,46)(H,41,42)(H,51,52)(H,53,54)(H2,33,36,37)(H2,48,49,50)/t19-,24-,25-,26?,30-,32?/m1/s1. The highest BCUT2D eigenvalue weighted by Crippen LogP contribution is 2.61. The predicted octanol–water partition coefficient (Wildman–Crippen LogP) is 0.00700. The summed E-state index contributed by atoms with van der Waals surface area (Å²) in [6.45, 7) is 3.76. The fraction of sp³-hybridized carbons (Fsp3) is 0.656. The van der Waals surface area contributed by atoms with Gasteiger partial charge in [0.05, 0.1) is 31.6 Å². The second kappa shape index (κ2) is 22.8. The number of hydrogen-bond donors (Lipinski definition) is 11. The molecule has 2 aromatic rings. The van der Waals surface area contributed by atoms with Crippen molar-refractivity contribution in [3.8, 4) is 0 Å². The van der Waals surface area contributed by atoms with Gasteiger partial charge in [0.1, 0.15) is 36.3 Å². The van der Waals surface area contributed by atoms with Gasteiger partial charge in [-0.1, -0.05) is 37.3 Å². The van der Waals surface area contributed by atoms with Crippen molar-refractivity contribution in [1.29, 1.82) is 0 Å². The largest absolute Gasteiger partial charge is 0.481 e. The summed E-state index contributed by atoms with van der Waals surface area (Å²) in [4.78, 5) is 99.6. The molecule has 63 heavy (non-hydrogen) atoms. The van der Waals surface area contributed by atoms with Gasteiger partial charge in [-0.05, 0) is 26.7 Å². The minimum absolute atomic E-state index is 0.0141. The van der Waals surface area contributed by atoms with E-state index in [1.165, 1.54) is 13.8 Å². The number of rotatable bonds is 26. The molecule has 27 nitrogen and oxygen atoms in total. The zero-order valence-corrected chi connectivity index (χ0v) is 37.8. The van der Waals surface area contributed by atoms with Crippen molar-refractivity contribution < 1.29 is 95.5 Å². The van der Waals surface area contributed by atoms with Gasteiger partial charge in [-0.15, -0.1) is 0 Å². The van der Waals surface area contributed by atoms with E-state index < -0.39 is 114 Å². The van der Waals surface area contributed by atoms with E-state index in [4.69, 9.17) is 24.6 Å². The van der Waals surface area contributed by atoms with E-state index in [2.05, 4.69) is 34.4 Å². The van der Waals surface area contributed by atoms with Gasteiger partial charge in [-0.25, -0.2) is 28.6 Å². The third-order valence-electron chi connectivity index (χ3n) is 8.88. The summed E-state index contributed by atoms with van der Waals surface area (Å²) in [6.07, 6.45) is -5.95. The second-order valence-electron chi connectivity index (χ2n) is 15.1. The number of nitrogens with one attached hydrogen (secondary N) is 2. The smallest absolute Gasteiger partial charge is 0.481 e. The number of thioether (sulfide) groups is 1. The number of fused-ring (bicyclic) bond motifs is 1. The maximum absolute atomic E-state index is 12.7. The Kier molecular flexibility index (Phi) is 19.5. The molecule has 1 fully saturated rings. The Labute approximate surface area is 363 Å². The third kappa shape index (κ3) is 17.6. The van der Waals surface area contributed by atoms with Gasteiger partial charge in [0, 0.05) is 37.1 Å². The number of carboxylic acid groups (broad SMARTS) is 1. The zero-order valence-electron chi connectivity index (χ0n) is 34.3. The van der Waals surface area contributed by atoms with Crippen LogP contribution in [0.1, 0.15) is 66.0 Å². The molecule has 1 aliphatic heterocycles. The number of carboxylic acids is 1.